The molecule has 0 bridgehead atoms. The van der Waals surface area contributed by atoms with E-state index >= 15 is 0 Å². The van der Waals surface area contributed by atoms with Gasteiger partial charge in [0.15, 0.2) is 0 Å². The largest absolute Gasteiger partial charge is 0.341 e. The molecule has 1 aliphatic rings. The zero-order valence-corrected chi connectivity index (χ0v) is 18.2. The number of tetrazole rings is 1. The van der Waals surface area contributed by atoms with Crippen LogP contribution in [0.1, 0.15) is 36.3 Å². The van der Waals surface area contributed by atoms with Gasteiger partial charge in [0.25, 0.3) is 0 Å². The minimum absolute atomic E-state index is 0.0167. The Hall–Kier alpha value is -3.82. The molecular weight excluding hydrogens is 425 g/mol. The summed E-state index contributed by atoms with van der Waals surface area (Å²) in [5, 5.41) is 11.7. The summed E-state index contributed by atoms with van der Waals surface area (Å²) in [5.74, 6) is 0.130. The number of hydrogen-bond donors (Lipinski definition) is 1. The highest BCUT2D eigenvalue weighted by Crippen LogP contribution is 2.27. The van der Waals surface area contributed by atoms with Crippen LogP contribution in [0.25, 0.3) is 11.0 Å². The maximum absolute atomic E-state index is 13.6. The van der Waals surface area contributed by atoms with E-state index in [9.17, 15) is 14.0 Å². The second kappa shape index (κ2) is 8.61. The number of aryl methyl sites for hydroxylation is 1. The lowest BCUT2D eigenvalue weighted by Crippen LogP contribution is -2.44. The predicted octanol–water partition coefficient (Wildman–Crippen LogP) is 2.41. The molecule has 2 aromatic carbocycles. The number of rotatable bonds is 5. The summed E-state index contributed by atoms with van der Waals surface area (Å²) < 4.78 is 16.7. The molecule has 1 amide bonds. The summed E-state index contributed by atoms with van der Waals surface area (Å²) in [6.45, 7) is 2.80. The van der Waals surface area contributed by atoms with Crippen molar-refractivity contribution in [3.05, 3.63) is 76.2 Å². The quantitative estimate of drug-likeness (QED) is 0.504. The summed E-state index contributed by atoms with van der Waals surface area (Å²) in [6.07, 6.45) is 1.70. The van der Waals surface area contributed by atoms with Crippen LogP contribution < -0.4 is 5.69 Å². The Labute approximate surface area is 188 Å². The summed E-state index contributed by atoms with van der Waals surface area (Å²) in [7, 11) is 0. The van der Waals surface area contributed by atoms with Crippen LogP contribution in [0.2, 0.25) is 0 Å². The molecule has 9 nitrogen and oxygen atoms in total. The van der Waals surface area contributed by atoms with E-state index in [4.69, 9.17) is 0 Å². The predicted molar refractivity (Wildman–Crippen MR) is 119 cm³/mol. The number of likely N-dealkylation sites (tertiary alicyclic amines) is 1. The average molecular weight is 449 g/mol. The third-order valence-corrected chi connectivity index (χ3v) is 6.35. The molecule has 4 aromatic rings. The molecule has 1 unspecified atom stereocenters. The minimum atomic E-state index is -0.627. The van der Waals surface area contributed by atoms with E-state index in [0.717, 1.165) is 16.6 Å². The van der Waals surface area contributed by atoms with Gasteiger partial charge in [0.1, 0.15) is 17.7 Å². The number of piperidine rings is 1. The fourth-order valence-electron chi connectivity index (χ4n) is 4.64. The Morgan fingerprint density at radius 2 is 1.88 bits per heavy atom. The van der Waals surface area contributed by atoms with E-state index in [1.54, 1.807) is 23.6 Å². The Bertz CT molecular complexity index is 1330. The number of hydrogen-bond acceptors (Lipinski definition) is 5. The van der Waals surface area contributed by atoms with Crippen molar-refractivity contribution in [2.24, 2.45) is 0 Å². The molecule has 10 heteroatoms. The number of H-pyrrole nitrogens is 1. The zero-order chi connectivity index (χ0) is 22.9. The van der Waals surface area contributed by atoms with Crippen molar-refractivity contribution >= 4 is 16.9 Å². The van der Waals surface area contributed by atoms with Gasteiger partial charge in [0, 0.05) is 25.6 Å². The van der Waals surface area contributed by atoms with Gasteiger partial charge in [0.2, 0.25) is 5.91 Å². The number of carbonyl (C=O) groups is 1. The smallest absolute Gasteiger partial charge is 0.326 e. The number of nitrogens with one attached hydrogen (secondary N) is 1. The van der Waals surface area contributed by atoms with Crippen LogP contribution in [-0.4, -0.2) is 53.7 Å². The zero-order valence-electron chi connectivity index (χ0n) is 18.2. The van der Waals surface area contributed by atoms with E-state index in [1.165, 1.54) is 16.8 Å². The first-order valence-electron chi connectivity index (χ1n) is 11.0. The molecule has 0 spiro atoms. The molecule has 1 aliphatic heterocycles. The van der Waals surface area contributed by atoms with E-state index < -0.39 is 6.04 Å². The molecule has 5 rings (SSSR count). The normalized spacial score (nSPS) is 15.8. The van der Waals surface area contributed by atoms with E-state index in [-0.39, 0.29) is 23.5 Å². The van der Waals surface area contributed by atoms with Gasteiger partial charge in [0.05, 0.1) is 11.0 Å². The summed E-state index contributed by atoms with van der Waals surface area (Å²) >= 11 is 0. The first-order chi connectivity index (χ1) is 16.0. The van der Waals surface area contributed by atoms with Crippen LogP contribution in [0.4, 0.5) is 4.39 Å². The highest BCUT2D eigenvalue weighted by atomic mass is 19.1. The number of benzene rings is 2. The third kappa shape index (κ3) is 4.04. The maximum Gasteiger partial charge on any atom is 0.326 e. The average Bonchev–Trinajstić information content (AvgIpc) is 3.40. The van der Waals surface area contributed by atoms with Gasteiger partial charge in [-0.15, -0.1) is 5.10 Å². The van der Waals surface area contributed by atoms with Crippen LogP contribution in [0.15, 0.2) is 53.3 Å². The second-order valence-electron chi connectivity index (χ2n) is 8.39. The Balaban J connectivity index is 1.35. The monoisotopic (exact) mass is 449 g/mol. The van der Waals surface area contributed by atoms with Gasteiger partial charge < -0.3 is 9.88 Å². The number of fused-ring (bicyclic) bond motifs is 1. The van der Waals surface area contributed by atoms with Crippen molar-refractivity contribution in [2.45, 2.75) is 38.3 Å². The number of carbonyl (C=O) groups excluding carboxylic acids is 1. The number of nitrogens with zero attached hydrogens (tertiary/aromatic N) is 6. The summed E-state index contributed by atoms with van der Waals surface area (Å²) in [6, 6.07) is 13.1. The fourth-order valence-corrected chi connectivity index (χ4v) is 4.64. The van der Waals surface area contributed by atoms with Gasteiger partial charge in [-0.1, -0.05) is 24.3 Å². The van der Waals surface area contributed by atoms with Gasteiger partial charge >= 0.3 is 5.69 Å². The molecule has 33 heavy (non-hydrogen) atoms. The Morgan fingerprint density at radius 1 is 1.15 bits per heavy atom. The lowest BCUT2D eigenvalue weighted by molar-refractivity contribution is -0.136. The summed E-state index contributed by atoms with van der Waals surface area (Å²) in [4.78, 5) is 30.8. The standard InChI is InChI=1S/C23H24FN7O2/c1-15-26-27-28-31(15)21(14-16-6-8-17(24)9-7-16)22(32)29-12-10-18(11-13-29)30-20-5-3-2-4-19(20)25-23(30)33/h2-9,18,21H,10-14H2,1H3,(H,25,33). The molecule has 1 fully saturated rings. The van der Waals surface area contributed by atoms with Crippen molar-refractivity contribution in [3.8, 4) is 0 Å². The molecule has 3 heterocycles. The highest BCUT2D eigenvalue weighted by Gasteiger charge is 2.32. The number of aromatic nitrogens is 6. The number of imidazole rings is 1. The van der Waals surface area contributed by atoms with Crippen LogP contribution in [0.5, 0.6) is 0 Å². The molecule has 1 saturated heterocycles. The van der Waals surface area contributed by atoms with Crippen LogP contribution in [0, 0.1) is 12.7 Å². The maximum atomic E-state index is 13.6. The highest BCUT2D eigenvalue weighted by molar-refractivity contribution is 5.81. The first kappa shape index (κ1) is 21.0. The molecule has 1 atom stereocenters. The third-order valence-electron chi connectivity index (χ3n) is 6.35. The van der Waals surface area contributed by atoms with Gasteiger partial charge in [-0.05, 0) is 60.0 Å². The van der Waals surface area contributed by atoms with E-state index in [1.807, 2.05) is 29.2 Å². The fraction of sp³-hybridized carbons (Fsp3) is 0.348. The lowest BCUT2D eigenvalue weighted by Gasteiger charge is -2.34. The molecule has 0 aliphatic carbocycles. The van der Waals surface area contributed by atoms with Crippen molar-refractivity contribution in [1.82, 2.24) is 34.7 Å². The van der Waals surface area contributed by atoms with Gasteiger partial charge in [-0.3, -0.25) is 9.36 Å². The molecular formula is C23H24FN7O2. The second-order valence-corrected chi connectivity index (χ2v) is 8.39. The van der Waals surface area contributed by atoms with Gasteiger partial charge in [-0.25, -0.2) is 13.9 Å². The summed E-state index contributed by atoms with van der Waals surface area (Å²) in [5.41, 5.74) is 2.39. The van der Waals surface area contributed by atoms with Crippen LogP contribution >= 0.6 is 0 Å². The molecule has 2 aromatic heterocycles. The Kier molecular flexibility index (Phi) is 5.49. The first-order valence-corrected chi connectivity index (χ1v) is 11.0. The lowest BCUT2D eigenvalue weighted by atomic mass is 10.0. The van der Waals surface area contributed by atoms with E-state index in [0.29, 0.717) is 38.2 Å². The molecule has 1 N–H and O–H groups in total. The topological polar surface area (TPSA) is 102 Å². The van der Waals surface area contributed by atoms with Gasteiger partial charge in [-0.2, -0.15) is 0 Å². The van der Waals surface area contributed by atoms with E-state index in [2.05, 4.69) is 20.5 Å². The molecule has 170 valence electrons. The van der Waals surface area contributed by atoms with Crippen LogP contribution in [-0.2, 0) is 11.2 Å². The Morgan fingerprint density at radius 3 is 2.58 bits per heavy atom. The molecule has 0 radical (unpaired) electrons. The van der Waals surface area contributed by atoms with Crippen molar-refractivity contribution in [3.63, 3.8) is 0 Å². The number of amides is 1. The number of halogens is 1. The van der Waals surface area contributed by atoms with Crippen LogP contribution in [0.3, 0.4) is 0 Å². The van der Waals surface area contributed by atoms with Crippen molar-refractivity contribution in [1.29, 1.82) is 0 Å². The minimum Gasteiger partial charge on any atom is -0.341 e. The molecule has 0 saturated carbocycles. The van der Waals surface area contributed by atoms with Crippen molar-refractivity contribution in [2.75, 3.05) is 13.1 Å². The number of para-hydroxylation sites is 2. The SMILES string of the molecule is Cc1nnnn1C(Cc1ccc(F)cc1)C(=O)N1CCC(n2c(=O)[nH]c3ccccc32)CC1. The number of aromatic amines is 1. The van der Waals surface area contributed by atoms with Crippen molar-refractivity contribution < 1.29 is 9.18 Å².